The molecule has 1 aliphatic rings. The van der Waals surface area contributed by atoms with Gasteiger partial charge in [-0.2, -0.15) is 0 Å². The fraction of sp³-hybridized carbons (Fsp3) is 0.625. The summed E-state index contributed by atoms with van der Waals surface area (Å²) in [5, 5.41) is 9.17. The average molecular weight is 290 g/mol. The van der Waals surface area contributed by atoms with Gasteiger partial charge in [0, 0.05) is 12.1 Å². The van der Waals surface area contributed by atoms with Gasteiger partial charge >= 0.3 is 6.03 Å². The second-order valence-corrected chi connectivity index (χ2v) is 5.82. The molecule has 5 nitrogen and oxygen atoms in total. The van der Waals surface area contributed by atoms with Crippen LogP contribution in [0.3, 0.4) is 0 Å². The number of nitrogens with zero attached hydrogens (tertiary/aromatic N) is 1. The number of carbonyl (C=O) groups is 1. The maximum Gasteiger partial charge on any atom is 0.319 e. The second kappa shape index (κ2) is 7.86. The Morgan fingerprint density at radius 3 is 2.71 bits per heavy atom. The number of pyridine rings is 1. The van der Waals surface area contributed by atoms with Crippen molar-refractivity contribution in [2.75, 3.05) is 10.6 Å². The molecule has 1 unspecified atom stereocenters. The Balaban J connectivity index is 1.80. The van der Waals surface area contributed by atoms with Crippen LogP contribution < -0.4 is 16.0 Å². The molecule has 0 bridgehead atoms. The summed E-state index contributed by atoms with van der Waals surface area (Å²) in [5.41, 5.74) is 0.720. The summed E-state index contributed by atoms with van der Waals surface area (Å²) in [7, 11) is 0. The summed E-state index contributed by atoms with van der Waals surface area (Å²) in [5.74, 6) is 0.836. The molecule has 0 saturated heterocycles. The Hall–Kier alpha value is -1.78. The van der Waals surface area contributed by atoms with E-state index >= 15 is 0 Å². The lowest BCUT2D eigenvalue weighted by Crippen LogP contribution is -2.39. The lowest BCUT2D eigenvalue weighted by atomic mass is 9.96. The van der Waals surface area contributed by atoms with Gasteiger partial charge in [-0.25, -0.2) is 9.78 Å². The maximum atomic E-state index is 11.9. The number of nitrogens with one attached hydrogen (secondary N) is 3. The number of aromatic nitrogens is 1. The smallest absolute Gasteiger partial charge is 0.319 e. The molecule has 1 heterocycles. The predicted molar refractivity (Wildman–Crippen MR) is 86.6 cm³/mol. The summed E-state index contributed by atoms with van der Waals surface area (Å²) in [6.07, 6.45) is 8.61. The molecule has 1 fully saturated rings. The molecule has 1 aromatic rings. The minimum atomic E-state index is -0.133. The molecule has 1 aliphatic carbocycles. The zero-order valence-corrected chi connectivity index (χ0v) is 13.0. The molecule has 1 aromatic heterocycles. The van der Waals surface area contributed by atoms with Gasteiger partial charge in [-0.3, -0.25) is 0 Å². The molecular weight excluding hydrogens is 264 g/mol. The van der Waals surface area contributed by atoms with Gasteiger partial charge in [-0.1, -0.05) is 26.2 Å². The van der Waals surface area contributed by atoms with Crippen LogP contribution in [0.5, 0.6) is 0 Å². The van der Waals surface area contributed by atoms with Crippen molar-refractivity contribution in [2.45, 2.75) is 64.5 Å². The number of hydrogen-bond donors (Lipinski definition) is 3. The number of hydrogen-bond acceptors (Lipinski definition) is 3. The number of carbonyl (C=O) groups excluding carboxylic acids is 1. The summed E-state index contributed by atoms with van der Waals surface area (Å²) in [6.45, 7) is 4.24. The van der Waals surface area contributed by atoms with Crippen LogP contribution in [-0.2, 0) is 0 Å². The number of amides is 2. The molecule has 2 rings (SSSR count). The Morgan fingerprint density at radius 1 is 1.33 bits per heavy atom. The van der Waals surface area contributed by atoms with Crippen LogP contribution in [0.2, 0.25) is 0 Å². The first-order valence-electron chi connectivity index (χ1n) is 7.97. The van der Waals surface area contributed by atoms with Crippen molar-refractivity contribution in [3.8, 4) is 0 Å². The Kier molecular flexibility index (Phi) is 5.84. The van der Waals surface area contributed by atoms with Gasteiger partial charge in [-0.15, -0.1) is 0 Å². The van der Waals surface area contributed by atoms with Gasteiger partial charge in [0.1, 0.15) is 5.82 Å². The van der Waals surface area contributed by atoms with E-state index in [2.05, 4.69) is 34.8 Å². The van der Waals surface area contributed by atoms with E-state index in [0.717, 1.165) is 30.8 Å². The summed E-state index contributed by atoms with van der Waals surface area (Å²) in [4.78, 5) is 16.2. The largest absolute Gasteiger partial charge is 0.368 e. The Bertz CT molecular complexity index is 440. The van der Waals surface area contributed by atoms with E-state index in [0.29, 0.717) is 12.1 Å². The average Bonchev–Trinajstić information content (AvgIpc) is 2.50. The van der Waals surface area contributed by atoms with Crippen LogP contribution in [0.4, 0.5) is 16.3 Å². The zero-order valence-electron chi connectivity index (χ0n) is 13.0. The van der Waals surface area contributed by atoms with Gasteiger partial charge in [0.2, 0.25) is 0 Å². The van der Waals surface area contributed by atoms with Gasteiger partial charge in [-0.05, 0) is 38.3 Å². The molecule has 1 atom stereocenters. The SMILES string of the molecule is CCC(C)Nc1ccc(NC(=O)NC2CCCCC2)cn1. The van der Waals surface area contributed by atoms with E-state index in [1.54, 1.807) is 6.20 Å². The highest BCUT2D eigenvalue weighted by Crippen LogP contribution is 2.17. The number of anilines is 2. The summed E-state index contributed by atoms with van der Waals surface area (Å²) >= 11 is 0. The minimum absolute atomic E-state index is 0.133. The van der Waals surface area contributed by atoms with Crippen LogP contribution >= 0.6 is 0 Å². The number of urea groups is 1. The van der Waals surface area contributed by atoms with Gasteiger partial charge in [0.15, 0.2) is 0 Å². The topological polar surface area (TPSA) is 66.0 Å². The highest BCUT2D eigenvalue weighted by atomic mass is 16.2. The lowest BCUT2D eigenvalue weighted by molar-refractivity contribution is 0.244. The minimum Gasteiger partial charge on any atom is -0.368 e. The molecule has 2 amide bonds. The third-order valence-corrected chi connectivity index (χ3v) is 3.97. The van der Waals surface area contributed by atoms with Crippen molar-refractivity contribution in [2.24, 2.45) is 0 Å². The maximum absolute atomic E-state index is 11.9. The molecular formula is C16H26N4O. The molecule has 5 heteroatoms. The van der Waals surface area contributed by atoms with Crippen LogP contribution in [-0.4, -0.2) is 23.1 Å². The van der Waals surface area contributed by atoms with Gasteiger partial charge in [0.05, 0.1) is 11.9 Å². The standard InChI is InChI=1S/C16H26N4O/c1-3-12(2)18-15-10-9-14(11-17-15)20-16(21)19-13-7-5-4-6-8-13/h9-13H,3-8H2,1-2H3,(H,17,18)(H2,19,20,21). The van der Waals surface area contributed by atoms with Crippen molar-refractivity contribution in [3.05, 3.63) is 18.3 Å². The van der Waals surface area contributed by atoms with E-state index in [4.69, 9.17) is 0 Å². The molecule has 116 valence electrons. The molecule has 0 radical (unpaired) electrons. The Labute approximate surface area is 126 Å². The van der Waals surface area contributed by atoms with Crippen LogP contribution in [0, 0.1) is 0 Å². The number of rotatable bonds is 5. The van der Waals surface area contributed by atoms with Crippen molar-refractivity contribution < 1.29 is 4.79 Å². The molecule has 3 N–H and O–H groups in total. The predicted octanol–water partition coefficient (Wildman–Crippen LogP) is 3.75. The fourth-order valence-corrected chi connectivity index (χ4v) is 2.51. The van der Waals surface area contributed by atoms with Gasteiger partial charge in [0.25, 0.3) is 0 Å². The molecule has 0 spiro atoms. The molecule has 0 aromatic carbocycles. The van der Waals surface area contributed by atoms with Crippen molar-refractivity contribution in [1.82, 2.24) is 10.3 Å². The van der Waals surface area contributed by atoms with Gasteiger partial charge < -0.3 is 16.0 Å². The molecule has 0 aliphatic heterocycles. The van der Waals surface area contributed by atoms with E-state index in [9.17, 15) is 4.79 Å². The molecule has 21 heavy (non-hydrogen) atoms. The molecule has 1 saturated carbocycles. The summed E-state index contributed by atoms with van der Waals surface area (Å²) in [6, 6.07) is 4.34. The van der Waals surface area contributed by atoms with Crippen molar-refractivity contribution >= 4 is 17.5 Å². The highest BCUT2D eigenvalue weighted by Gasteiger charge is 2.15. The van der Waals surface area contributed by atoms with Crippen molar-refractivity contribution in [1.29, 1.82) is 0 Å². The lowest BCUT2D eigenvalue weighted by Gasteiger charge is -2.22. The first kappa shape index (κ1) is 15.6. The fourth-order valence-electron chi connectivity index (χ4n) is 2.51. The highest BCUT2D eigenvalue weighted by molar-refractivity contribution is 5.89. The second-order valence-electron chi connectivity index (χ2n) is 5.82. The first-order valence-corrected chi connectivity index (χ1v) is 7.97. The quantitative estimate of drug-likeness (QED) is 0.774. The third kappa shape index (κ3) is 5.25. The van der Waals surface area contributed by atoms with Crippen LogP contribution in [0.25, 0.3) is 0 Å². The van der Waals surface area contributed by atoms with E-state index < -0.39 is 0 Å². The first-order chi connectivity index (χ1) is 10.2. The van der Waals surface area contributed by atoms with E-state index in [-0.39, 0.29) is 6.03 Å². The normalized spacial score (nSPS) is 17.0. The van der Waals surface area contributed by atoms with Crippen LogP contribution in [0.1, 0.15) is 52.4 Å². The Morgan fingerprint density at radius 2 is 2.10 bits per heavy atom. The summed E-state index contributed by atoms with van der Waals surface area (Å²) < 4.78 is 0. The van der Waals surface area contributed by atoms with Crippen molar-refractivity contribution in [3.63, 3.8) is 0 Å². The van der Waals surface area contributed by atoms with Crippen LogP contribution in [0.15, 0.2) is 18.3 Å². The van der Waals surface area contributed by atoms with E-state index in [1.165, 1.54) is 19.3 Å². The monoisotopic (exact) mass is 290 g/mol. The zero-order chi connectivity index (χ0) is 15.1. The third-order valence-electron chi connectivity index (χ3n) is 3.97. The van der Waals surface area contributed by atoms with E-state index in [1.807, 2.05) is 12.1 Å².